The summed E-state index contributed by atoms with van der Waals surface area (Å²) in [6.07, 6.45) is 5.05. The molecule has 4 atom stereocenters. The van der Waals surface area contributed by atoms with Gasteiger partial charge in [0.15, 0.2) is 0 Å². The Bertz CT molecular complexity index is 2400. The van der Waals surface area contributed by atoms with Crippen LogP contribution in [0.4, 0.5) is 10.1 Å². The van der Waals surface area contributed by atoms with E-state index in [-0.39, 0.29) is 64.7 Å². The van der Waals surface area contributed by atoms with Crippen molar-refractivity contribution in [1.82, 2.24) is 20.0 Å². The highest BCUT2D eigenvalue weighted by atomic mass is 19.1. The lowest BCUT2D eigenvalue weighted by Crippen LogP contribution is -2.54. The largest absolute Gasteiger partial charge is 0.508 e. The Morgan fingerprint density at radius 3 is 2.15 bits per heavy atom. The number of amides is 5. The first-order valence-corrected chi connectivity index (χ1v) is 21.2. The lowest BCUT2D eigenvalue weighted by molar-refractivity contribution is -0.136. The number of rotatable bonds is 6. The minimum atomic E-state index is -1.01. The number of carbonyl (C=O) groups excluding carboxylic acids is 5. The van der Waals surface area contributed by atoms with Gasteiger partial charge in [-0.1, -0.05) is 30.3 Å². The van der Waals surface area contributed by atoms with Gasteiger partial charge in [0.05, 0.1) is 17.7 Å². The number of carbonyl (C=O) groups is 5. The number of hydrogen-bond acceptors (Lipinski definition) is 8. The standard InChI is InChI=1S/C48H48FN5O6/c1-28-23-48(27-53(28)26-43(57)52-24-32-21-39-40(22-33(32)25-52)47(60)54(46(39)59)41-14-15-42(56)50-45(41)58)16-18-51(19-17-48)35-9-4-30(5-10-35)44-37(29-2-7-34(49)8-3-29)12-6-31-20-36(55)11-13-38(31)44/h2-5,7-11,13,20-22,28,37,41,44,55H,6,12,14-19,23-27H2,1H3,(H,50,56,58)/t28-,37-,41-,44+/m1/s1. The first kappa shape index (κ1) is 38.3. The maximum Gasteiger partial charge on any atom is 0.262 e. The molecular weight excluding hydrogens is 762 g/mol. The van der Waals surface area contributed by atoms with E-state index in [9.17, 15) is 33.5 Å². The minimum Gasteiger partial charge on any atom is -0.508 e. The van der Waals surface area contributed by atoms with Gasteiger partial charge >= 0.3 is 0 Å². The van der Waals surface area contributed by atoms with Gasteiger partial charge in [-0.05, 0) is 139 Å². The second-order valence-electron chi connectivity index (χ2n) is 18.0. The molecule has 5 amide bonds. The van der Waals surface area contributed by atoms with Crippen molar-refractivity contribution in [2.75, 3.05) is 31.1 Å². The Hall–Kier alpha value is -5.88. The Morgan fingerprint density at radius 1 is 0.817 bits per heavy atom. The zero-order valence-corrected chi connectivity index (χ0v) is 33.7. The number of fused-ring (bicyclic) bond motifs is 3. The Labute approximate surface area is 348 Å². The average Bonchev–Trinajstić information content (AvgIpc) is 3.87. The van der Waals surface area contributed by atoms with Gasteiger partial charge in [0, 0.05) is 56.8 Å². The molecule has 1 spiro atoms. The number of piperidine rings is 2. The molecule has 0 unspecified atom stereocenters. The summed E-state index contributed by atoms with van der Waals surface area (Å²) in [4.78, 5) is 72.3. The number of nitrogens with zero attached hydrogens (tertiary/aromatic N) is 4. The normalized spacial score (nSPS) is 24.8. The molecule has 60 heavy (non-hydrogen) atoms. The van der Waals surface area contributed by atoms with Gasteiger partial charge < -0.3 is 14.9 Å². The van der Waals surface area contributed by atoms with Crippen LogP contribution in [0.25, 0.3) is 0 Å². The molecule has 3 saturated heterocycles. The van der Waals surface area contributed by atoms with Crippen LogP contribution in [-0.2, 0) is 33.9 Å². The third-order valence-corrected chi connectivity index (χ3v) is 14.4. The van der Waals surface area contributed by atoms with Crippen molar-refractivity contribution < 1.29 is 33.5 Å². The first-order valence-electron chi connectivity index (χ1n) is 21.2. The van der Waals surface area contributed by atoms with Crippen molar-refractivity contribution in [2.45, 2.75) is 88.9 Å². The van der Waals surface area contributed by atoms with Crippen molar-refractivity contribution in [2.24, 2.45) is 5.41 Å². The quantitative estimate of drug-likeness (QED) is 0.227. The van der Waals surface area contributed by atoms with Crippen LogP contribution in [0.2, 0.25) is 0 Å². The van der Waals surface area contributed by atoms with E-state index in [0.717, 1.165) is 78.9 Å². The number of anilines is 1. The Balaban J connectivity index is 0.766. The Kier molecular flexibility index (Phi) is 9.38. The summed E-state index contributed by atoms with van der Waals surface area (Å²) in [6.45, 7) is 5.96. The van der Waals surface area contributed by atoms with Gasteiger partial charge in [-0.2, -0.15) is 0 Å². The van der Waals surface area contributed by atoms with E-state index in [2.05, 4.69) is 46.3 Å². The van der Waals surface area contributed by atoms with Gasteiger partial charge in [-0.3, -0.25) is 39.1 Å². The number of benzene rings is 4. The van der Waals surface area contributed by atoms with Gasteiger partial charge in [0.25, 0.3) is 11.8 Å². The number of imide groups is 2. The monoisotopic (exact) mass is 809 g/mol. The topological polar surface area (TPSA) is 131 Å². The summed E-state index contributed by atoms with van der Waals surface area (Å²) in [6, 6.07) is 24.2. The maximum absolute atomic E-state index is 13.9. The van der Waals surface area contributed by atoms with Crippen LogP contribution in [0.1, 0.15) is 111 Å². The predicted octanol–water partition coefficient (Wildman–Crippen LogP) is 6.02. The third-order valence-electron chi connectivity index (χ3n) is 14.4. The van der Waals surface area contributed by atoms with Crippen molar-refractivity contribution in [3.63, 3.8) is 0 Å². The van der Waals surface area contributed by atoms with Crippen LogP contribution in [0.5, 0.6) is 5.75 Å². The fourth-order valence-electron chi connectivity index (χ4n) is 11.2. The fourth-order valence-corrected chi connectivity index (χ4v) is 11.2. The number of phenols is 1. The highest BCUT2D eigenvalue weighted by molar-refractivity contribution is 6.23. The van der Waals surface area contributed by atoms with Crippen LogP contribution in [0.15, 0.2) is 78.9 Å². The van der Waals surface area contributed by atoms with Crippen molar-refractivity contribution in [3.05, 3.63) is 129 Å². The molecule has 2 N–H and O–H groups in total. The number of aromatic hydroxyl groups is 1. The molecule has 5 aliphatic heterocycles. The molecule has 11 nitrogen and oxygen atoms in total. The van der Waals surface area contributed by atoms with Crippen LogP contribution in [0.3, 0.4) is 0 Å². The number of hydrogen-bond donors (Lipinski definition) is 2. The Morgan fingerprint density at radius 2 is 1.48 bits per heavy atom. The summed E-state index contributed by atoms with van der Waals surface area (Å²) in [5.74, 6) is -1.78. The van der Waals surface area contributed by atoms with E-state index in [4.69, 9.17) is 0 Å². The van der Waals surface area contributed by atoms with E-state index >= 15 is 0 Å². The van der Waals surface area contributed by atoms with Crippen LogP contribution >= 0.6 is 0 Å². The van der Waals surface area contributed by atoms with Crippen LogP contribution in [-0.4, -0.2) is 87.6 Å². The third kappa shape index (κ3) is 6.65. The molecule has 12 heteroatoms. The summed E-state index contributed by atoms with van der Waals surface area (Å²) >= 11 is 0. The molecule has 0 bridgehead atoms. The van der Waals surface area contributed by atoms with E-state index in [0.29, 0.717) is 19.6 Å². The number of aryl methyl sites for hydroxylation is 1. The zero-order chi connectivity index (χ0) is 41.4. The molecule has 5 heterocycles. The molecule has 0 saturated carbocycles. The minimum absolute atomic E-state index is 0.0228. The molecule has 0 aromatic heterocycles. The highest BCUT2D eigenvalue weighted by Gasteiger charge is 2.47. The van der Waals surface area contributed by atoms with Crippen LogP contribution < -0.4 is 10.2 Å². The SMILES string of the molecule is C[C@@H]1CC2(CCN(c3ccc([C@@H]4c5ccc(O)cc5CC[C@@H]4c4ccc(F)cc4)cc3)CC2)CN1CC(=O)N1Cc2cc3c(cc2C1)C(=O)N([C@@H]1CCC(=O)NC1=O)C3=O. The van der Waals surface area contributed by atoms with E-state index in [1.54, 1.807) is 35.2 Å². The zero-order valence-electron chi connectivity index (χ0n) is 33.7. The van der Waals surface area contributed by atoms with Crippen molar-refractivity contribution >= 4 is 35.2 Å². The summed E-state index contributed by atoms with van der Waals surface area (Å²) in [7, 11) is 0. The second kappa shape index (κ2) is 14.7. The van der Waals surface area contributed by atoms with Gasteiger partial charge in [-0.25, -0.2) is 4.39 Å². The first-order chi connectivity index (χ1) is 28.9. The van der Waals surface area contributed by atoms with Gasteiger partial charge in [-0.15, -0.1) is 0 Å². The number of likely N-dealkylation sites (tertiary alicyclic amines) is 1. The molecule has 3 fully saturated rings. The lowest BCUT2D eigenvalue weighted by atomic mass is 9.69. The summed E-state index contributed by atoms with van der Waals surface area (Å²) < 4.78 is 13.9. The van der Waals surface area contributed by atoms with E-state index < -0.39 is 29.7 Å². The number of nitrogens with one attached hydrogen (secondary N) is 1. The second-order valence-corrected chi connectivity index (χ2v) is 18.0. The molecule has 308 valence electrons. The van der Waals surface area contributed by atoms with E-state index in [1.807, 2.05) is 24.3 Å². The van der Waals surface area contributed by atoms with Crippen LogP contribution in [0, 0.1) is 11.2 Å². The number of halogens is 1. The average molecular weight is 810 g/mol. The molecule has 10 rings (SSSR count). The number of phenolic OH excluding ortho intramolecular Hbond substituents is 1. The smallest absolute Gasteiger partial charge is 0.262 e. The van der Waals surface area contributed by atoms with Crippen molar-refractivity contribution in [3.8, 4) is 5.75 Å². The summed E-state index contributed by atoms with van der Waals surface area (Å²) in [5.41, 5.74) is 8.18. The molecule has 1 aliphatic carbocycles. The predicted molar refractivity (Wildman–Crippen MR) is 221 cm³/mol. The molecule has 0 radical (unpaired) electrons. The van der Waals surface area contributed by atoms with E-state index in [1.165, 1.54) is 16.8 Å². The fraction of sp³-hybridized carbons (Fsp3) is 0.396. The molecular formula is C48H48FN5O6. The molecule has 4 aromatic carbocycles. The highest BCUT2D eigenvalue weighted by Crippen LogP contribution is 2.48. The molecule has 4 aromatic rings. The maximum atomic E-state index is 13.9. The van der Waals surface area contributed by atoms with Crippen molar-refractivity contribution in [1.29, 1.82) is 0 Å². The van der Waals surface area contributed by atoms with Gasteiger partial charge in [0.1, 0.15) is 17.6 Å². The summed E-state index contributed by atoms with van der Waals surface area (Å²) in [5, 5.41) is 12.5. The van der Waals surface area contributed by atoms with Gasteiger partial charge in [0.2, 0.25) is 17.7 Å². The molecule has 6 aliphatic rings. The lowest BCUT2D eigenvalue weighted by Gasteiger charge is -2.41.